The molecule has 0 aromatic carbocycles. The van der Waals surface area contributed by atoms with Crippen molar-refractivity contribution < 1.29 is 0 Å². The molecule has 0 aliphatic carbocycles. The van der Waals surface area contributed by atoms with E-state index in [9.17, 15) is 0 Å². The van der Waals surface area contributed by atoms with Crippen LogP contribution in [0.25, 0.3) is 11.4 Å². The molecule has 0 saturated carbocycles. The number of pyridine rings is 1. The smallest absolute Gasteiger partial charge is 0.163 e. The molecule has 5 nitrogen and oxygen atoms in total. The van der Waals surface area contributed by atoms with Crippen LogP contribution in [0.2, 0.25) is 0 Å². The Morgan fingerprint density at radius 2 is 2.04 bits per heavy atom. The van der Waals surface area contributed by atoms with Gasteiger partial charge in [-0.3, -0.25) is 4.98 Å². The standard InChI is InChI=1S/C18H21N5/c1-2-11-23(12-3-1)18-15-6-9-19-10-7-16(15)21-17(22-18)14-5-4-8-20-13-14/h1-2,4-5,8,13,19H,3,6-7,9-12H2. The van der Waals surface area contributed by atoms with Crippen molar-refractivity contribution >= 4 is 5.82 Å². The van der Waals surface area contributed by atoms with Crippen LogP contribution in [0.1, 0.15) is 17.7 Å². The molecule has 2 aromatic rings. The maximum Gasteiger partial charge on any atom is 0.163 e. The van der Waals surface area contributed by atoms with Crippen molar-refractivity contribution in [2.45, 2.75) is 19.3 Å². The minimum absolute atomic E-state index is 0.795. The summed E-state index contributed by atoms with van der Waals surface area (Å²) in [7, 11) is 0. The van der Waals surface area contributed by atoms with Gasteiger partial charge in [0, 0.05) is 49.6 Å². The Morgan fingerprint density at radius 1 is 1.09 bits per heavy atom. The highest BCUT2D eigenvalue weighted by molar-refractivity contribution is 5.60. The van der Waals surface area contributed by atoms with Crippen molar-refractivity contribution in [2.24, 2.45) is 0 Å². The molecule has 0 amide bonds. The molecule has 2 aliphatic heterocycles. The number of rotatable bonds is 2. The van der Waals surface area contributed by atoms with E-state index in [-0.39, 0.29) is 0 Å². The van der Waals surface area contributed by atoms with Crippen molar-refractivity contribution in [3.8, 4) is 11.4 Å². The molecular formula is C18H21N5. The first-order valence-corrected chi connectivity index (χ1v) is 8.32. The minimum Gasteiger partial charge on any atom is -0.352 e. The lowest BCUT2D eigenvalue weighted by molar-refractivity contribution is 0.707. The molecule has 5 heteroatoms. The Labute approximate surface area is 136 Å². The van der Waals surface area contributed by atoms with Crippen LogP contribution in [0.15, 0.2) is 36.7 Å². The predicted molar refractivity (Wildman–Crippen MR) is 91.5 cm³/mol. The summed E-state index contributed by atoms with van der Waals surface area (Å²) in [5, 5.41) is 3.47. The van der Waals surface area contributed by atoms with Crippen LogP contribution >= 0.6 is 0 Å². The summed E-state index contributed by atoms with van der Waals surface area (Å²) >= 11 is 0. The summed E-state index contributed by atoms with van der Waals surface area (Å²) in [6.07, 6.45) is 11.2. The monoisotopic (exact) mass is 307 g/mol. The molecule has 0 bridgehead atoms. The summed E-state index contributed by atoms with van der Waals surface area (Å²) in [6, 6.07) is 3.97. The van der Waals surface area contributed by atoms with Crippen LogP contribution in [-0.2, 0) is 12.8 Å². The third-order valence-electron chi connectivity index (χ3n) is 4.44. The van der Waals surface area contributed by atoms with Crippen LogP contribution in [-0.4, -0.2) is 41.1 Å². The highest BCUT2D eigenvalue weighted by Crippen LogP contribution is 2.27. The van der Waals surface area contributed by atoms with E-state index < -0.39 is 0 Å². The van der Waals surface area contributed by atoms with Crippen LogP contribution in [0.5, 0.6) is 0 Å². The second-order valence-electron chi connectivity index (χ2n) is 5.99. The first-order chi connectivity index (χ1) is 11.4. The van der Waals surface area contributed by atoms with Gasteiger partial charge in [0.2, 0.25) is 0 Å². The van der Waals surface area contributed by atoms with Gasteiger partial charge in [0.1, 0.15) is 5.82 Å². The van der Waals surface area contributed by atoms with Gasteiger partial charge >= 0.3 is 0 Å². The number of aromatic nitrogens is 3. The zero-order valence-corrected chi connectivity index (χ0v) is 13.2. The van der Waals surface area contributed by atoms with E-state index >= 15 is 0 Å². The molecule has 4 heterocycles. The van der Waals surface area contributed by atoms with Gasteiger partial charge in [0.25, 0.3) is 0 Å². The van der Waals surface area contributed by atoms with E-state index in [1.165, 1.54) is 11.3 Å². The molecule has 0 unspecified atom stereocenters. The fourth-order valence-electron chi connectivity index (χ4n) is 3.24. The summed E-state index contributed by atoms with van der Waals surface area (Å²) in [4.78, 5) is 16.4. The highest BCUT2D eigenvalue weighted by Gasteiger charge is 2.21. The van der Waals surface area contributed by atoms with Gasteiger partial charge in [0.15, 0.2) is 5.82 Å². The third-order valence-corrected chi connectivity index (χ3v) is 4.44. The van der Waals surface area contributed by atoms with Gasteiger partial charge in [0.05, 0.1) is 5.69 Å². The fourth-order valence-corrected chi connectivity index (χ4v) is 3.24. The second-order valence-corrected chi connectivity index (χ2v) is 5.99. The van der Waals surface area contributed by atoms with Crippen molar-refractivity contribution in [1.29, 1.82) is 0 Å². The molecule has 1 N–H and O–H groups in total. The van der Waals surface area contributed by atoms with Gasteiger partial charge in [-0.05, 0) is 31.5 Å². The van der Waals surface area contributed by atoms with Gasteiger partial charge < -0.3 is 10.2 Å². The van der Waals surface area contributed by atoms with Gasteiger partial charge in [-0.15, -0.1) is 0 Å². The zero-order chi connectivity index (χ0) is 15.5. The molecule has 2 aromatic heterocycles. The largest absolute Gasteiger partial charge is 0.352 e. The molecule has 4 rings (SSSR count). The SMILES string of the molecule is C1=CCN(c2nc(-c3cccnc3)nc3c2CCNCC3)CC1. The minimum atomic E-state index is 0.795. The van der Waals surface area contributed by atoms with Crippen molar-refractivity contribution in [3.05, 3.63) is 47.9 Å². The number of fused-ring (bicyclic) bond motifs is 1. The summed E-state index contributed by atoms with van der Waals surface area (Å²) < 4.78 is 0. The zero-order valence-electron chi connectivity index (χ0n) is 13.2. The molecule has 2 aliphatic rings. The average molecular weight is 307 g/mol. The lowest BCUT2D eigenvalue weighted by atomic mass is 10.1. The molecule has 0 saturated heterocycles. The Hall–Kier alpha value is -2.27. The highest BCUT2D eigenvalue weighted by atomic mass is 15.2. The van der Waals surface area contributed by atoms with Crippen LogP contribution in [0.3, 0.4) is 0 Å². The first kappa shape index (κ1) is 14.3. The molecule has 118 valence electrons. The Kier molecular flexibility index (Phi) is 4.03. The van der Waals surface area contributed by atoms with Gasteiger partial charge in [-0.1, -0.05) is 12.2 Å². The van der Waals surface area contributed by atoms with Crippen LogP contribution in [0.4, 0.5) is 5.82 Å². The number of hydrogen-bond donors (Lipinski definition) is 1. The third kappa shape index (κ3) is 2.97. The number of nitrogens with zero attached hydrogens (tertiary/aromatic N) is 4. The quantitative estimate of drug-likeness (QED) is 0.860. The normalized spacial score (nSPS) is 17.7. The number of nitrogens with one attached hydrogen (secondary N) is 1. The molecule has 0 fully saturated rings. The molecule has 23 heavy (non-hydrogen) atoms. The lowest BCUT2D eigenvalue weighted by Gasteiger charge is -2.27. The Bertz CT molecular complexity index is 711. The number of hydrogen-bond acceptors (Lipinski definition) is 5. The first-order valence-electron chi connectivity index (χ1n) is 8.32. The lowest BCUT2D eigenvalue weighted by Crippen LogP contribution is -2.29. The topological polar surface area (TPSA) is 53.9 Å². The molecule has 0 radical (unpaired) electrons. The molecular weight excluding hydrogens is 286 g/mol. The maximum atomic E-state index is 4.93. The van der Waals surface area contributed by atoms with E-state index in [1.54, 1.807) is 6.20 Å². The van der Waals surface area contributed by atoms with E-state index in [0.29, 0.717) is 0 Å². The van der Waals surface area contributed by atoms with E-state index in [0.717, 1.165) is 62.6 Å². The average Bonchev–Trinajstić information content (AvgIpc) is 2.88. The van der Waals surface area contributed by atoms with E-state index in [4.69, 9.17) is 9.97 Å². The summed E-state index contributed by atoms with van der Waals surface area (Å²) in [5.74, 6) is 1.91. The van der Waals surface area contributed by atoms with Crippen LogP contribution < -0.4 is 10.2 Å². The predicted octanol–water partition coefficient (Wildman–Crippen LogP) is 1.99. The van der Waals surface area contributed by atoms with Crippen molar-refractivity contribution in [2.75, 3.05) is 31.1 Å². The Balaban J connectivity index is 1.83. The molecule has 0 atom stereocenters. The van der Waals surface area contributed by atoms with E-state index in [1.807, 2.05) is 18.3 Å². The Morgan fingerprint density at radius 3 is 2.87 bits per heavy atom. The van der Waals surface area contributed by atoms with Crippen molar-refractivity contribution in [1.82, 2.24) is 20.3 Å². The number of anilines is 1. The fraction of sp³-hybridized carbons (Fsp3) is 0.389. The summed E-state index contributed by atoms with van der Waals surface area (Å²) in [6.45, 7) is 3.94. The maximum absolute atomic E-state index is 4.93. The van der Waals surface area contributed by atoms with Crippen LogP contribution in [0, 0.1) is 0 Å². The van der Waals surface area contributed by atoms with Gasteiger partial charge in [-0.2, -0.15) is 0 Å². The summed E-state index contributed by atoms with van der Waals surface area (Å²) in [5.41, 5.74) is 3.49. The van der Waals surface area contributed by atoms with Gasteiger partial charge in [-0.25, -0.2) is 9.97 Å². The molecule has 0 spiro atoms. The van der Waals surface area contributed by atoms with Crippen molar-refractivity contribution in [3.63, 3.8) is 0 Å². The second kappa shape index (κ2) is 6.46. The van der Waals surface area contributed by atoms with E-state index in [2.05, 4.69) is 27.4 Å².